The van der Waals surface area contributed by atoms with Crippen LogP contribution in [0.1, 0.15) is 36.0 Å². The maximum Gasteiger partial charge on any atom is 0.295 e. The molecule has 4 rings (SSSR count). The lowest BCUT2D eigenvalue weighted by Gasteiger charge is -2.16. The third-order valence-corrected chi connectivity index (χ3v) is 7.65. The number of hydrazine groups is 1. The van der Waals surface area contributed by atoms with Crippen LogP contribution in [0.5, 0.6) is 5.75 Å². The Morgan fingerprint density at radius 2 is 1.88 bits per heavy atom. The quantitative estimate of drug-likeness (QED) is 0.404. The topological polar surface area (TPSA) is 140 Å². The van der Waals surface area contributed by atoms with E-state index in [4.69, 9.17) is 9.47 Å². The van der Waals surface area contributed by atoms with E-state index in [0.29, 0.717) is 31.0 Å². The third kappa shape index (κ3) is 5.46. The van der Waals surface area contributed by atoms with Crippen molar-refractivity contribution in [2.45, 2.75) is 36.7 Å². The Hall–Kier alpha value is -3.22. The van der Waals surface area contributed by atoms with Crippen molar-refractivity contribution >= 4 is 27.3 Å². The van der Waals surface area contributed by atoms with Crippen LogP contribution < -0.4 is 15.6 Å². The van der Waals surface area contributed by atoms with Gasteiger partial charge in [0.05, 0.1) is 15.9 Å². The normalized spacial score (nSPS) is 18.5. The SMILES string of the molecule is O=C(NNc1ccc(S(=O)(=O)N2CCCC2)cc1[N+](=O)[O-])c1ccc(OC[C@@H]2CCCO2)cc1. The Kier molecular flexibility index (Phi) is 7.29. The molecule has 0 spiro atoms. The number of carbonyl (C=O) groups is 1. The minimum atomic E-state index is -3.81. The van der Waals surface area contributed by atoms with Gasteiger partial charge in [-0.3, -0.25) is 25.8 Å². The maximum absolute atomic E-state index is 12.7. The molecule has 1 atom stereocenters. The van der Waals surface area contributed by atoms with Crippen LogP contribution in [-0.4, -0.2) is 56.0 Å². The summed E-state index contributed by atoms with van der Waals surface area (Å²) in [5.74, 6) is 0.0826. The van der Waals surface area contributed by atoms with Crippen LogP contribution >= 0.6 is 0 Å². The van der Waals surface area contributed by atoms with E-state index >= 15 is 0 Å². The molecular weight excluding hydrogens is 464 g/mol. The van der Waals surface area contributed by atoms with Crippen LogP contribution in [0, 0.1) is 10.1 Å². The van der Waals surface area contributed by atoms with Gasteiger partial charge in [0.1, 0.15) is 18.0 Å². The van der Waals surface area contributed by atoms with Crippen molar-refractivity contribution in [3.63, 3.8) is 0 Å². The Bertz CT molecular complexity index is 1140. The molecular formula is C22H26N4O7S. The van der Waals surface area contributed by atoms with E-state index in [9.17, 15) is 23.3 Å². The van der Waals surface area contributed by atoms with E-state index in [2.05, 4.69) is 10.9 Å². The molecule has 182 valence electrons. The minimum Gasteiger partial charge on any atom is -0.491 e. The van der Waals surface area contributed by atoms with Gasteiger partial charge in [0.2, 0.25) is 10.0 Å². The number of nitro benzene ring substituents is 1. The molecule has 2 aromatic carbocycles. The zero-order chi connectivity index (χ0) is 24.1. The van der Waals surface area contributed by atoms with Gasteiger partial charge >= 0.3 is 0 Å². The summed E-state index contributed by atoms with van der Waals surface area (Å²) in [6, 6.07) is 10.0. The zero-order valence-corrected chi connectivity index (χ0v) is 19.3. The number of carbonyl (C=O) groups excluding carboxylic acids is 1. The second-order valence-corrected chi connectivity index (χ2v) is 10.0. The Morgan fingerprint density at radius 1 is 1.15 bits per heavy atom. The molecule has 2 aromatic rings. The monoisotopic (exact) mass is 490 g/mol. The fourth-order valence-corrected chi connectivity index (χ4v) is 5.41. The van der Waals surface area contributed by atoms with Gasteiger partial charge in [-0.2, -0.15) is 4.31 Å². The molecule has 0 radical (unpaired) electrons. The first kappa shape index (κ1) is 23.9. The van der Waals surface area contributed by atoms with Crippen molar-refractivity contribution in [1.82, 2.24) is 9.73 Å². The number of hydrogen-bond acceptors (Lipinski definition) is 8. The molecule has 2 fully saturated rings. The van der Waals surface area contributed by atoms with E-state index in [1.165, 1.54) is 16.4 Å². The number of hydrogen-bond donors (Lipinski definition) is 2. The van der Waals surface area contributed by atoms with Gasteiger partial charge in [0.15, 0.2) is 0 Å². The number of nitro groups is 1. The molecule has 0 unspecified atom stereocenters. The van der Waals surface area contributed by atoms with Gasteiger partial charge in [-0.25, -0.2) is 8.42 Å². The van der Waals surface area contributed by atoms with E-state index in [-0.39, 0.29) is 16.7 Å². The predicted octanol–water partition coefficient (Wildman–Crippen LogP) is 2.69. The van der Waals surface area contributed by atoms with Crippen molar-refractivity contribution in [1.29, 1.82) is 0 Å². The number of nitrogens with one attached hydrogen (secondary N) is 2. The molecule has 11 nitrogen and oxygen atoms in total. The fraction of sp³-hybridized carbons (Fsp3) is 0.409. The number of benzene rings is 2. The molecule has 2 aliphatic heterocycles. The molecule has 1 amide bonds. The van der Waals surface area contributed by atoms with Crippen molar-refractivity contribution in [2.75, 3.05) is 31.7 Å². The lowest BCUT2D eigenvalue weighted by atomic mass is 10.2. The number of rotatable bonds is 9. The third-order valence-electron chi connectivity index (χ3n) is 5.76. The number of ether oxygens (including phenoxy) is 2. The molecule has 2 heterocycles. The molecule has 2 saturated heterocycles. The highest BCUT2D eigenvalue weighted by molar-refractivity contribution is 7.89. The first-order chi connectivity index (χ1) is 16.3. The summed E-state index contributed by atoms with van der Waals surface area (Å²) in [7, 11) is -3.81. The lowest BCUT2D eigenvalue weighted by Crippen LogP contribution is -2.30. The first-order valence-corrected chi connectivity index (χ1v) is 12.5. The van der Waals surface area contributed by atoms with E-state index in [1.807, 2.05) is 0 Å². The summed E-state index contributed by atoms with van der Waals surface area (Å²) in [4.78, 5) is 23.2. The number of amides is 1. The van der Waals surface area contributed by atoms with Gasteiger partial charge in [0, 0.05) is 31.3 Å². The molecule has 0 aromatic heterocycles. The predicted molar refractivity (Wildman–Crippen MR) is 123 cm³/mol. The smallest absolute Gasteiger partial charge is 0.295 e. The highest BCUT2D eigenvalue weighted by Gasteiger charge is 2.29. The molecule has 12 heteroatoms. The van der Waals surface area contributed by atoms with Gasteiger partial charge in [-0.1, -0.05) is 0 Å². The van der Waals surface area contributed by atoms with Gasteiger partial charge in [-0.05, 0) is 62.1 Å². The summed E-state index contributed by atoms with van der Waals surface area (Å²) in [6.07, 6.45) is 3.59. The largest absolute Gasteiger partial charge is 0.491 e. The second-order valence-electron chi connectivity index (χ2n) is 8.10. The highest BCUT2D eigenvalue weighted by atomic mass is 32.2. The van der Waals surface area contributed by atoms with E-state index in [0.717, 1.165) is 38.4 Å². The standard InChI is InChI=1S/C22H26N4O7S/c27-22(16-5-7-17(8-6-16)33-15-18-4-3-13-32-18)24-23-20-10-9-19(14-21(20)26(28)29)34(30,31)25-11-1-2-12-25/h5-10,14,18,23H,1-4,11-13,15H2,(H,24,27)/t18-/m0/s1. The van der Waals surface area contributed by atoms with Crippen LogP contribution in [0.3, 0.4) is 0 Å². The average molecular weight is 491 g/mol. The van der Waals surface area contributed by atoms with Crippen molar-refractivity contribution in [3.05, 3.63) is 58.1 Å². The Labute approximate surface area is 197 Å². The summed E-state index contributed by atoms with van der Waals surface area (Å²) < 4.78 is 37.9. The average Bonchev–Trinajstić information content (AvgIpc) is 3.56. The summed E-state index contributed by atoms with van der Waals surface area (Å²) in [6.45, 7) is 1.98. The zero-order valence-electron chi connectivity index (χ0n) is 18.4. The van der Waals surface area contributed by atoms with Crippen LogP contribution in [0.25, 0.3) is 0 Å². The minimum absolute atomic E-state index is 0.0322. The molecule has 2 N–H and O–H groups in total. The van der Waals surface area contributed by atoms with E-state index in [1.54, 1.807) is 24.3 Å². The van der Waals surface area contributed by atoms with Crippen LogP contribution in [0.15, 0.2) is 47.4 Å². The van der Waals surface area contributed by atoms with Crippen LogP contribution in [0.4, 0.5) is 11.4 Å². The number of anilines is 1. The van der Waals surface area contributed by atoms with Gasteiger partial charge < -0.3 is 9.47 Å². The summed E-state index contributed by atoms with van der Waals surface area (Å²) in [5, 5.41) is 11.6. The maximum atomic E-state index is 12.7. The van der Waals surface area contributed by atoms with Crippen molar-refractivity contribution < 1.29 is 27.6 Å². The fourth-order valence-electron chi connectivity index (χ4n) is 3.87. The lowest BCUT2D eigenvalue weighted by molar-refractivity contribution is -0.384. The number of nitrogens with zero attached hydrogens (tertiary/aromatic N) is 2. The first-order valence-electron chi connectivity index (χ1n) is 11.0. The van der Waals surface area contributed by atoms with Crippen LogP contribution in [-0.2, 0) is 14.8 Å². The Morgan fingerprint density at radius 3 is 2.53 bits per heavy atom. The van der Waals surface area contributed by atoms with E-state index < -0.39 is 26.5 Å². The summed E-state index contributed by atoms with van der Waals surface area (Å²) >= 11 is 0. The van der Waals surface area contributed by atoms with Crippen LogP contribution in [0.2, 0.25) is 0 Å². The highest BCUT2D eigenvalue weighted by Crippen LogP contribution is 2.30. The summed E-state index contributed by atoms with van der Waals surface area (Å²) in [5.41, 5.74) is 4.75. The van der Waals surface area contributed by atoms with Gasteiger partial charge in [-0.15, -0.1) is 0 Å². The van der Waals surface area contributed by atoms with Crippen molar-refractivity contribution in [2.24, 2.45) is 0 Å². The molecule has 0 saturated carbocycles. The molecule has 34 heavy (non-hydrogen) atoms. The molecule has 0 aliphatic carbocycles. The molecule has 0 bridgehead atoms. The number of sulfonamides is 1. The second kappa shape index (κ2) is 10.4. The van der Waals surface area contributed by atoms with Gasteiger partial charge in [0.25, 0.3) is 11.6 Å². The Balaban J connectivity index is 1.39. The van der Waals surface area contributed by atoms with Crippen molar-refractivity contribution in [3.8, 4) is 5.75 Å². The molecule has 2 aliphatic rings.